The van der Waals surface area contributed by atoms with E-state index in [-0.39, 0.29) is 5.92 Å². The Hall–Kier alpha value is -4.69. The molecule has 1 saturated heterocycles. The van der Waals surface area contributed by atoms with Crippen molar-refractivity contribution in [1.29, 1.82) is 0 Å². The summed E-state index contributed by atoms with van der Waals surface area (Å²) in [5, 5.41) is 2.91. The Kier molecular flexibility index (Phi) is 8.11. The molecule has 0 spiro atoms. The first-order chi connectivity index (χ1) is 20.9. The number of carbonyl (C=O) groups is 2. The lowest BCUT2D eigenvalue weighted by Crippen LogP contribution is -2.47. The number of ether oxygens (including phenoxy) is 1. The second-order valence-electron chi connectivity index (χ2n) is 11.3. The van der Waals surface area contributed by atoms with Crippen molar-refractivity contribution in [3.63, 3.8) is 0 Å². The molecule has 3 aromatic rings. The molecule has 0 radical (unpaired) electrons. The van der Waals surface area contributed by atoms with E-state index >= 15 is 0 Å². The number of anilines is 3. The number of amides is 1. The van der Waals surface area contributed by atoms with E-state index in [1.54, 1.807) is 7.11 Å². The van der Waals surface area contributed by atoms with E-state index in [0.29, 0.717) is 12.3 Å². The van der Waals surface area contributed by atoms with Gasteiger partial charge in [0.05, 0.1) is 6.61 Å². The smallest absolute Gasteiger partial charge is 0.294 e. The molecule has 2 unspecified atom stereocenters. The van der Waals surface area contributed by atoms with Gasteiger partial charge in [-0.05, 0) is 67.5 Å². The minimum atomic E-state index is -0.660. The van der Waals surface area contributed by atoms with Gasteiger partial charge in [-0.25, -0.2) is 4.98 Å². The van der Waals surface area contributed by atoms with Crippen LogP contribution < -0.4 is 15.1 Å². The molecule has 2 atom stereocenters. The summed E-state index contributed by atoms with van der Waals surface area (Å²) in [6.45, 7) is 7.87. The lowest BCUT2D eigenvalue weighted by atomic mass is 9.90. The monoisotopic (exact) mass is 575 g/mol. The van der Waals surface area contributed by atoms with Gasteiger partial charge in [-0.3, -0.25) is 9.59 Å². The van der Waals surface area contributed by atoms with E-state index in [1.165, 1.54) is 5.56 Å². The number of allylic oxidation sites excluding steroid dienone is 3. The molecule has 4 heterocycles. The van der Waals surface area contributed by atoms with Crippen LogP contribution in [0.25, 0.3) is 0 Å². The van der Waals surface area contributed by atoms with E-state index in [1.807, 2.05) is 78.7 Å². The van der Waals surface area contributed by atoms with Crippen LogP contribution in [-0.2, 0) is 20.9 Å². The summed E-state index contributed by atoms with van der Waals surface area (Å²) < 4.78 is 5.49. The number of aryl methyl sites for hydroxylation is 2. The molecule has 3 aliphatic rings. The average Bonchev–Trinajstić information content (AvgIpc) is 3.41. The Labute approximate surface area is 253 Å². The van der Waals surface area contributed by atoms with Gasteiger partial charge in [-0.1, -0.05) is 42.5 Å². The predicted molar refractivity (Wildman–Crippen MR) is 170 cm³/mol. The maximum atomic E-state index is 13.8. The van der Waals surface area contributed by atoms with Gasteiger partial charge in [0, 0.05) is 73.7 Å². The van der Waals surface area contributed by atoms with E-state index < -0.39 is 17.7 Å². The van der Waals surface area contributed by atoms with Crippen molar-refractivity contribution < 1.29 is 14.3 Å². The lowest BCUT2D eigenvalue weighted by Gasteiger charge is -2.37. The number of nitrogens with one attached hydrogen (secondary N) is 1. The minimum Gasteiger partial charge on any atom is -0.380 e. The van der Waals surface area contributed by atoms with Crippen LogP contribution in [0, 0.1) is 13.8 Å². The summed E-state index contributed by atoms with van der Waals surface area (Å²) >= 11 is 0. The van der Waals surface area contributed by atoms with Crippen LogP contribution in [0.15, 0.2) is 96.9 Å². The maximum Gasteiger partial charge on any atom is 0.294 e. The molecule has 0 aliphatic carbocycles. The van der Waals surface area contributed by atoms with Crippen molar-refractivity contribution in [1.82, 2.24) is 9.88 Å². The molecule has 0 bridgehead atoms. The first-order valence-corrected chi connectivity index (χ1v) is 14.7. The van der Waals surface area contributed by atoms with Crippen molar-refractivity contribution in [2.45, 2.75) is 32.4 Å². The van der Waals surface area contributed by atoms with Crippen molar-refractivity contribution in [3.8, 4) is 0 Å². The van der Waals surface area contributed by atoms with Crippen LogP contribution >= 0.6 is 0 Å². The second kappa shape index (κ2) is 12.3. The Balaban J connectivity index is 1.17. The number of fused-ring (bicyclic) bond motifs is 1. The summed E-state index contributed by atoms with van der Waals surface area (Å²) in [6, 6.07) is 19.4. The van der Waals surface area contributed by atoms with Crippen LogP contribution in [0.5, 0.6) is 0 Å². The van der Waals surface area contributed by atoms with Crippen molar-refractivity contribution in [2.24, 2.45) is 0 Å². The molecule has 0 saturated carbocycles. The number of piperazine rings is 1. The summed E-state index contributed by atoms with van der Waals surface area (Å²) in [6.07, 6.45) is 9.72. The van der Waals surface area contributed by atoms with Gasteiger partial charge in [-0.2, -0.15) is 0 Å². The van der Waals surface area contributed by atoms with Gasteiger partial charge in [0.1, 0.15) is 11.9 Å². The van der Waals surface area contributed by atoms with Gasteiger partial charge in [0.15, 0.2) is 0 Å². The first-order valence-electron chi connectivity index (χ1n) is 14.7. The molecule has 2 aromatic carbocycles. The highest BCUT2D eigenvalue weighted by Gasteiger charge is 2.42. The molecule has 6 rings (SSSR count). The number of rotatable bonds is 8. The highest BCUT2D eigenvalue weighted by molar-refractivity contribution is 6.42. The molecule has 1 N–H and O–H groups in total. The fraction of sp³-hybridized carbons (Fsp3) is 0.286. The SMILES string of the molecule is COCc1cc(N2CCN(c3cc(C)cc(C)n3)CC2)ccc1NC(=O)C(=O)C1C(c2ccccc2)C=C2C=CC=CN21. The fourth-order valence-corrected chi connectivity index (χ4v) is 6.22. The zero-order valence-electron chi connectivity index (χ0n) is 24.9. The third-order valence-corrected chi connectivity index (χ3v) is 8.28. The number of nitrogens with zero attached hydrogens (tertiary/aromatic N) is 4. The Morgan fingerprint density at radius 2 is 1.72 bits per heavy atom. The number of hydrogen-bond donors (Lipinski definition) is 1. The molecule has 1 amide bonds. The molecule has 220 valence electrons. The fourth-order valence-electron chi connectivity index (χ4n) is 6.22. The van der Waals surface area contributed by atoms with E-state index in [9.17, 15) is 9.59 Å². The molecule has 43 heavy (non-hydrogen) atoms. The minimum absolute atomic E-state index is 0.236. The number of carbonyl (C=O) groups excluding carboxylic acids is 2. The maximum absolute atomic E-state index is 13.8. The number of ketones is 1. The highest BCUT2D eigenvalue weighted by Crippen LogP contribution is 2.38. The van der Waals surface area contributed by atoms with E-state index in [2.05, 4.69) is 46.3 Å². The van der Waals surface area contributed by atoms with Gasteiger partial charge >= 0.3 is 0 Å². The van der Waals surface area contributed by atoms with Gasteiger partial charge in [0.2, 0.25) is 5.78 Å². The summed E-state index contributed by atoms with van der Waals surface area (Å²) in [5.74, 6) is -0.331. The normalized spacial score (nSPS) is 19.3. The number of benzene rings is 2. The van der Waals surface area contributed by atoms with Crippen LogP contribution in [-0.4, -0.2) is 60.9 Å². The number of hydrogen-bond acceptors (Lipinski definition) is 7. The third-order valence-electron chi connectivity index (χ3n) is 8.28. The van der Waals surface area contributed by atoms with Crippen LogP contribution in [0.2, 0.25) is 0 Å². The van der Waals surface area contributed by atoms with Crippen LogP contribution in [0.1, 0.15) is 28.3 Å². The summed E-state index contributed by atoms with van der Waals surface area (Å²) in [5.41, 5.74) is 6.62. The molecule has 1 aromatic heterocycles. The largest absolute Gasteiger partial charge is 0.380 e. The second-order valence-corrected chi connectivity index (χ2v) is 11.3. The van der Waals surface area contributed by atoms with Crippen LogP contribution in [0.4, 0.5) is 17.2 Å². The number of pyridine rings is 1. The van der Waals surface area contributed by atoms with Crippen molar-refractivity contribution in [2.75, 3.05) is 48.4 Å². The van der Waals surface area contributed by atoms with E-state index in [0.717, 1.165) is 60.2 Å². The van der Waals surface area contributed by atoms with Crippen molar-refractivity contribution >= 4 is 28.9 Å². The molecule has 8 heteroatoms. The summed E-state index contributed by atoms with van der Waals surface area (Å²) in [7, 11) is 1.63. The molecular weight excluding hydrogens is 538 g/mol. The predicted octanol–water partition coefficient (Wildman–Crippen LogP) is 5.11. The number of methoxy groups -OCH3 is 1. The third kappa shape index (κ3) is 5.96. The lowest BCUT2D eigenvalue weighted by molar-refractivity contribution is -0.137. The molecule has 8 nitrogen and oxygen atoms in total. The number of Topliss-reactive ketones (excluding diaryl/α,β-unsaturated/α-hetero) is 1. The first kappa shape index (κ1) is 28.4. The quantitative estimate of drug-likeness (QED) is 0.374. The van der Waals surface area contributed by atoms with Gasteiger partial charge < -0.3 is 24.8 Å². The highest BCUT2D eigenvalue weighted by atomic mass is 16.5. The molecule has 3 aliphatic heterocycles. The Morgan fingerprint density at radius 3 is 2.47 bits per heavy atom. The van der Waals surface area contributed by atoms with Gasteiger partial charge in [-0.15, -0.1) is 0 Å². The molecular formula is C35H37N5O3. The zero-order valence-corrected chi connectivity index (χ0v) is 24.9. The van der Waals surface area contributed by atoms with E-state index in [4.69, 9.17) is 9.72 Å². The topological polar surface area (TPSA) is 78.0 Å². The van der Waals surface area contributed by atoms with Crippen LogP contribution in [0.3, 0.4) is 0 Å². The summed E-state index contributed by atoms with van der Waals surface area (Å²) in [4.78, 5) is 38.5. The Morgan fingerprint density at radius 1 is 0.953 bits per heavy atom. The van der Waals surface area contributed by atoms with Gasteiger partial charge in [0.25, 0.3) is 5.91 Å². The number of aromatic nitrogens is 1. The standard InChI is InChI=1S/C35H37N5O3/c1-24-19-25(2)36-32(20-24)39-17-15-38(16-18-39)28-12-13-31(27(21-28)23-43-3)37-35(42)34(41)33-30(26-9-5-4-6-10-26)22-29-11-7-8-14-40(29)33/h4-14,19-22,30,33H,15-18,23H2,1-3H3,(H,37,42). The van der Waals surface area contributed by atoms with Crippen molar-refractivity contribution in [3.05, 3.63) is 119 Å². The zero-order chi connectivity index (χ0) is 29.9. The Bertz CT molecular complexity index is 1580. The average molecular weight is 576 g/mol. The molecule has 1 fully saturated rings.